The average molecular weight is 153 g/mol. The van der Waals surface area contributed by atoms with E-state index in [2.05, 4.69) is 11.2 Å². The van der Waals surface area contributed by atoms with Crippen molar-refractivity contribution in [3.05, 3.63) is 0 Å². The zero-order chi connectivity index (χ0) is 9.07. The van der Waals surface area contributed by atoms with Crippen molar-refractivity contribution >= 4 is 5.91 Å². The molecule has 0 radical (unpaired) electrons. The van der Waals surface area contributed by atoms with Crippen molar-refractivity contribution in [2.24, 2.45) is 5.92 Å². The monoisotopic (exact) mass is 153 g/mol. The van der Waals surface area contributed by atoms with Crippen LogP contribution in [0.2, 0.25) is 0 Å². The van der Waals surface area contributed by atoms with Crippen LogP contribution in [0.1, 0.15) is 27.7 Å². The highest BCUT2D eigenvalue weighted by molar-refractivity contribution is 5.74. The fraction of sp³-hybridized carbons (Fsp3) is 0.667. The van der Waals surface area contributed by atoms with E-state index in [-0.39, 0.29) is 11.8 Å². The normalized spacial score (nSPS) is 15.3. The van der Waals surface area contributed by atoms with Crippen molar-refractivity contribution in [3.8, 4) is 12.3 Å². The molecular weight excluding hydrogens is 138 g/mol. The molecule has 11 heavy (non-hydrogen) atoms. The highest BCUT2D eigenvalue weighted by atomic mass is 16.1. The van der Waals surface area contributed by atoms with Crippen molar-refractivity contribution < 1.29 is 4.79 Å². The van der Waals surface area contributed by atoms with Crippen LogP contribution < -0.4 is 5.32 Å². The van der Waals surface area contributed by atoms with Crippen LogP contribution in [0.25, 0.3) is 0 Å². The average Bonchev–Trinajstić information content (AvgIpc) is 1.86. The smallest absolute Gasteiger partial charge is 0.218 e. The molecule has 0 aliphatic heterocycles. The maximum atomic E-state index is 10.7. The van der Waals surface area contributed by atoms with Crippen LogP contribution in [-0.4, -0.2) is 11.4 Å². The maximum Gasteiger partial charge on any atom is 0.218 e. The summed E-state index contributed by atoms with van der Waals surface area (Å²) in [4.78, 5) is 10.7. The largest absolute Gasteiger partial charge is 0.340 e. The summed E-state index contributed by atoms with van der Waals surface area (Å²) in [5, 5.41) is 2.73. The topological polar surface area (TPSA) is 29.1 Å². The Balaban J connectivity index is 4.38. The first kappa shape index (κ1) is 10.0. The predicted molar refractivity (Wildman–Crippen MR) is 45.9 cm³/mol. The molecule has 0 saturated heterocycles. The molecule has 0 aromatic carbocycles. The molecule has 2 heteroatoms. The van der Waals surface area contributed by atoms with E-state index >= 15 is 0 Å². The molecule has 1 N–H and O–H groups in total. The third kappa shape index (κ3) is 2.63. The van der Waals surface area contributed by atoms with Gasteiger partial charge in [0.25, 0.3) is 0 Å². The Labute approximate surface area is 68.4 Å². The summed E-state index contributed by atoms with van der Waals surface area (Å²) < 4.78 is 0. The molecule has 0 aromatic rings. The van der Waals surface area contributed by atoms with Gasteiger partial charge in [0.15, 0.2) is 0 Å². The van der Waals surface area contributed by atoms with E-state index < -0.39 is 5.54 Å². The van der Waals surface area contributed by atoms with Gasteiger partial charge in [-0.1, -0.05) is 19.8 Å². The van der Waals surface area contributed by atoms with Crippen molar-refractivity contribution in [2.75, 3.05) is 0 Å². The summed E-state index contributed by atoms with van der Waals surface area (Å²) in [6.07, 6.45) is 5.29. The van der Waals surface area contributed by atoms with E-state index in [4.69, 9.17) is 6.42 Å². The summed E-state index contributed by atoms with van der Waals surface area (Å²) in [5.74, 6) is 2.74. The lowest BCUT2D eigenvalue weighted by Crippen LogP contribution is -2.47. The van der Waals surface area contributed by atoms with Gasteiger partial charge in [0.05, 0.1) is 0 Å². The summed E-state index contributed by atoms with van der Waals surface area (Å²) in [5.41, 5.74) is -0.508. The number of carbonyl (C=O) groups is 1. The van der Waals surface area contributed by atoms with Crippen LogP contribution in [0.5, 0.6) is 0 Å². The number of nitrogens with one attached hydrogen (secondary N) is 1. The van der Waals surface area contributed by atoms with Crippen molar-refractivity contribution in [1.29, 1.82) is 0 Å². The van der Waals surface area contributed by atoms with Gasteiger partial charge in [0.1, 0.15) is 5.54 Å². The van der Waals surface area contributed by atoms with Crippen LogP contribution in [0.15, 0.2) is 0 Å². The first-order chi connectivity index (χ1) is 4.92. The van der Waals surface area contributed by atoms with E-state index in [1.54, 1.807) is 0 Å². The minimum absolute atomic E-state index is 0.0841. The minimum Gasteiger partial charge on any atom is -0.340 e. The maximum absolute atomic E-state index is 10.7. The lowest BCUT2D eigenvalue weighted by molar-refractivity contribution is -0.120. The Bertz CT molecular complexity index is 190. The molecule has 1 atom stereocenters. The number of carbonyl (C=O) groups excluding carboxylic acids is 1. The zero-order valence-corrected chi connectivity index (χ0v) is 7.56. The number of terminal acetylenes is 1. The van der Waals surface area contributed by atoms with Gasteiger partial charge in [-0.3, -0.25) is 4.79 Å². The Hall–Kier alpha value is -0.970. The molecule has 1 unspecified atom stereocenters. The Morgan fingerprint density at radius 1 is 1.64 bits per heavy atom. The molecule has 0 rings (SSSR count). The molecule has 0 spiro atoms. The summed E-state index contributed by atoms with van der Waals surface area (Å²) in [6.45, 7) is 7.28. The predicted octanol–water partition coefficient (Wildman–Crippen LogP) is 1.17. The molecule has 0 aromatic heterocycles. The van der Waals surface area contributed by atoms with Gasteiger partial charge in [-0.25, -0.2) is 0 Å². The fourth-order valence-electron chi connectivity index (χ4n) is 0.713. The van der Waals surface area contributed by atoms with E-state index in [0.29, 0.717) is 0 Å². The van der Waals surface area contributed by atoms with Gasteiger partial charge >= 0.3 is 0 Å². The number of hydrogen-bond acceptors (Lipinski definition) is 1. The summed E-state index contributed by atoms with van der Waals surface area (Å²) in [6, 6.07) is 0. The number of amides is 1. The summed E-state index contributed by atoms with van der Waals surface area (Å²) >= 11 is 0. The van der Waals surface area contributed by atoms with Gasteiger partial charge in [0, 0.05) is 6.92 Å². The second-order valence-corrected chi connectivity index (χ2v) is 3.18. The molecule has 0 aliphatic rings. The highest BCUT2D eigenvalue weighted by Gasteiger charge is 2.25. The second kappa shape index (κ2) is 3.43. The third-order valence-corrected chi connectivity index (χ3v) is 1.89. The SMILES string of the molecule is C#CC(C)(NC(C)=O)C(C)C. The molecule has 62 valence electrons. The van der Waals surface area contributed by atoms with E-state index in [1.807, 2.05) is 20.8 Å². The van der Waals surface area contributed by atoms with Gasteiger partial charge in [-0.15, -0.1) is 6.42 Å². The van der Waals surface area contributed by atoms with Crippen LogP contribution in [0.3, 0.4) is 0 Å². The Morgan fingerprint density at radius 2 is 2.09 bits per heavy atom. The fourth-order valence-corrected chi connectivity index (χ4v) is 0.713. The van der Waals surface area contributed by atoms with E-state index in [1.165, 1.54) is 6.92 Å². The molecule has 0 aliphatic carbocycles. The van der Waals surface area contributed by atoms with Crippen LogP contribution in [0, 0.1) is 18.3 Å². The number of rotatable bonds is 2. The van der Waals surface area contributed by atoms with Gasteiger partial charge in [0.2, 0.25) is 5.91 Å². The Kier molecular flexibility index (Phi) is 3.13. The molecule has 0 fully saturated rings. The quantitative estimate of drug-likeness (QED) is 0.593. The molecule has 0 saturated carbocycles. The first-order valence-corrected chi connectivity index (χ1v) is 3.69. The lowest BCUT2D eigenvalue weighted by atomic mass is 9.89. The second-order valence-electron chi connectivity index (χ2n) is 3.18. The highest BCUT2D eigenvalue weighted by Crippen LogP contribution is 2.14. The van der Waals surface area contributed by atoms with Gasteiger partial charge in [-0.05, 0) is 12.8 Å². The van der Waals surface area contributed by atoms with Gasteiger partial charge < -0.3 is 5.32 Å². The third-order valence-electron chi connectivity index (χ3n) is 1.89. The lowest BCUT2D eigenvalue weighted by Gasteiger charge is -2.28. The molecule has 2 nitrogen and oxygen atoms in total. The molecular formula is C9H15NO. The number of hydrogen-bond donors (Lipinski definition) is 1. The standard InChI is InChI=1S/C9H15NO/c1-6-9(5,7(2)3)10-8(4)11/h1,7H,2-5H3,(H,10,11). The first-order valence-electron chi connectivity index (χ1n) is 3.69. The van der Waals surface area contributed by atoms with E-state index in [9.17, 15) is 4.79 Å². The molecule has 0 bridgehead atoms. The van der Waals surface area contributed by atoms with Crippen LogP contribution in [0.4, 0.5) is 0 Å². The minimum atomic E-state index is -0.508. The summed E-state index contributed by atoms with van der Waals surface area (Å²) in [7, 11) is 0. The van der Waals surface area contributed by atoms with Crippen molar-refractivity contribution in [3.63, 3.8) is 0 Å². The zero-order valence-electron chi connectivity index (χ0n) is 7.56. The molecule has 1 amide bonds. The van der Waals surface area contributed by atoms with Crippen molar-refractivity contribution in [2.45, 2.75) is 33.2 Å². The van der Waals surface area contributed by atoms with Crippen LogP contribution in [-0.2, 0) is 4.79 Å². The van der Waals surface area contributed by atoms with Crippen molar-refractivity contribution in [1.82, 2.24) is 5.32 Å². The van der Waals surface area contributed by atoms with Crippen LogP contribution >= 0.6 is 0 Å². The van der Waals surface area contributed by atoms with Gasteiger partial charge in [-0.2, -0.15) is 0 Å². The Morgan fingerprint density at radius 3 is 2.18 bits per heavy atom. The van der Waals surface area contributed by atoms with E-state index in [0.717, 1.165) is 0 Å². The molecule has 0 heterocycles.